The average Bonchev–Trinajstić information content (AvgIpc) is 2.59. The smallest absolute Gasteiger partial charge is 0.0284 e. The molecule has 0 aromatic heterocycles. The largest absolute Gasteiger partial charge is 0.330 e. The first-order chi connectivity index (χ1) is 6.78. The molecule has 0 aromatic carbocycles. The van der Waals surface area contributed by atoms with Gasteiger partial charge >= 0.3 is 0 Å². The Morgan fingerprint density at radius 3 is 2.71 bits per heavy atom. The maximum absolute atomic E-state index is 5.71. The van der Waals surface area contributed by atoms with Crippen LogP contribution in [-0.4, -0.2) is 42.1 Å². The molecule has 1 atom stereocenters. The standard InChI is InChI=1S/C11H22N2S/c1-14-11(4-2-5-11)9-13-6-3-10(7-12)8-13/h10H,2-9,12H2,1H3. The molecule has 0 bridgehead atoms. The summed E-state index contributed by atoms with van der Waals surface area (Å²) in [5.41, 5.74) is 5.71. The van der Waals surface area contributed by atoms with Gasteiger partial charge < -0.3 is 10.6 Å². The second-order valence-electron chi connectivity index (χ2n) is 4.87. The zero-order valence-electron chi connectivity index (χ0n) is 9.17. The number of nitrogens with zero attached hydrogens (tertiary/aromatic N) is 1. The lowest BCUT2D eigenvalue weighted by molar-refractivity contribution is 0.229. The molecule has 1 aliphatic heterocycles. The van der Waals surface area contributed by atoms with Crippen LogP contribution in [0.1, 0.15) is 25.7 Å². The highest BCUT2D eigenvalue weighted by Crippen LogP contribution is 2.43. The van der Waals surface area contributed by atoms with Gasteiger partial charge in [-0.15, -0.1) is 0 Å². The van der Waals surface area contributed by atoms with Crippen molar-refractivity contribution in [1.82, 2.24) is 4.90 Å². The third-order valence-corrected chi connectivity index (χ3v) is 5.32. The van der Waals surface area contributed by atoms with Crippen LogP contribution < -0.4 is 5.73 Å². The van der Waals surface area contributed by atoms with Crippen molar-refractivity contribution in [3.63, 3.8) is 0 Å². The highest BCUT2D eigenvalue weighted by Gasteiger charge is 2.38. The maximum Gasteiger partial charge on any atom is 0.0284 e. The van der Waals surface area contributed by atoms with Crippen molar-refractivity contribution < 1.29 is 0 Å². The van der Waals surface area contributed by atoms with E-state index in [-0.39, 0.29) is 0 Å². The van der Waals surface area contributed by atoms with Gasteiger partial charge in [-0.3, -0.25) is 0 Å². The molecule has 1 aliphatic carbocycles. The topological polar surface area (TPSA) is 29.3 Å². The van der Waals surface area contributed by atoms with E-state index in [1.54, 1.807) is 0 Å². The fourth-order valence-electron chi connectivity index (χ4n) is 2.65. The van der Waals surface area contributed by atoms with Crippen LogP contribution >= 0.6 is 11.8 Å². The van der Waals surface area contributed by atoms with E-state index in [1.807, 2.05) is 0 Å². The predicted molar refractivity (Wildman–Crippen MR) is 63.7 cm³/mol. The Bertz CT molecular complexity index is 186. The van der Waals surface area contributed by atoms with Gasteiger partial charge in [0.2, 0.25) is 0 Å². The molecule has 0 radical (unpaired) electrons. The van der Waals surface area contributed by atoms with Gasteiger partial charge in [0.05, 0.1) is 0 Å². The molecule has 82 valence electrons. The number of nitrogens with two attached hydrogens (primary N) is 1. The zero-order chi connectivity index (χ0) is 10.0. The summed E-state index contributed by atoms with van der Waals surface area (Å²) in [6.07, 6.45) is 7.89. The van der Waals surface area contributed by atoms with Gasteiger partial charge in [-0.1, -0.05) is 6.42 Å². The fourth-order valence-corrected chi connectivity index (χ4v) is 3.66. The summed E-state index contributed by atoms with van der Waals surface area (Å²) in [7, 11) is 0. The third kappa shape index (κ3) is 2.10. The third-order valence-electron chi connectivity index (χ3n) is 3.91. The summed E-state index contributed by atoms with van der Waals surface area (Å²) in [5.74, 6) is 0.772. The Kier molecular flexibility index (Phi) is 3.40. The van der Waals surface area contributed by atoms with Gasteiger partial charge in [-0.05, 0) is 44.5 Å². The first-order valence-electron chi connectivity index (χ1n) is 5.75. The van der Waals surface area contributed by atoms with E-state index in [0.717, 1.165) is 12.5 Å². The summed E-state index contributed by atoms with van der Waals surface area (Å²) >= 11 is 2.08. The summed E-state index contributed by atoms with van der Waals surface area (Å²) in [5, 5.41) is 0. The minimum Gasteiger partial charge on any atom is -0.330 e. The lowest BCUT2D eigenvalue weighted by Crippen LogP contribution is -2.44. The lowest BCUT2D eigenvalue weighted by atomic mass is 9.84. The normalized spacial score (nSPS) is 31.7. The molecule has 0 aromatic rings. The van der Waals surface area contributed by atoms with E-state index in [0.29, 0.717) is 4.75 Å². The van der Waals surface area contributed by atoms with Crippen LogP contribution in [0.4, 0.5) is 0 Å². The summed E-state index contributed by atoms with van der Waals surface area (Å²) < 4.78 is 0.615. The van der Waals surface area contributed by atoms with Crippen LogP contribution in [0.2, 0.25) is 0 Å². The molecule has 2 N–H and O–H groups in total. The molecule has 2 fully saturated rings. The molecule has 1 saturated carbocycles. The van der Waals surface area contributed by atoms with Gasteiger partial charge in [-0.2, -0.15) is 11.8 Å². The van der Waals surface area contributed by atoms with E-state index in [2.05, 4.69) is 22.9 Å². The average molecular weight is 214 g/mol. The SMILES string of the molecule is CSC1(CN2CCC(CN)C2)CCC1. The second-order valence-corrected chi connectivity index (χ2v) is 6.14. The highest BCUT2D eigenvalue weighted by atomic mass is 32.2. The number of rotatable bonds is 4. The van der Waals surface area contributed by atoms with E-state index >= 15 is 0 Å². The minimum atomic E-state index is 0.615. The maximum atomic E-state index is 5.71. The van der Waals surface area contributed by atoms with Gasteiger partial charge in [0, 0.05) is 17.8 Å². The molecule has 14 heavy (non-hydrogen) atoms. The number of likely N-dealkylation sites (tertiary alicyclic amines) is 1. The van der Waals surface area contributed by atoms with Crippen molar-refractivity contribution in [3.8, 4) is 0 Å². The van der Waals surface area contributed by atoms with Crippen molar-refractivity contribution in [2.45, 2.75) is 30.4 Å². The summed E-state index contributed by atoms with van der Waals surface area (Å²) in [4.78, 5) is 2.63. The zero-order valence-corrected chi connectivity index (χ0v) is 9.98. The molecule has 2 nitrogen and oxygen atoms in total. The van der Waals surface area contributed by atoms with Crippen LogP contribution in [0.25, 0.3) is 0 Å². The Balaban J connectivity index is 1.80. The minimum absolute atomic E-state index is 0.615. The Labute approximate surface area is 91.6 Å². The molecule has 2 aliphatic rings. The van der Waals surface area contributed by atoms with E-state index in [1.165, 1.54) is 45.3 Å². The van der Waals surface area contributed by atoms with E-state index in [4.69, 9.17) is 5.73 Å². The van der Waals surface area contributed by atoms with Crippen LogP contribution in [0.5, 0.6) is 0 Å². The molecule has 1 saturated heterocycles. The second kappa shape index (κ2) is 4.42. The van der Waals surface area contributed by atoms with Gasteiger partial charge in [0.1, 0.15) is 0 Å². The molecule has 1 unspecified atom stereocenters. The number of hydrogen-bond donors (Lipinski definition) is 1. The van der Waals surface area contributed by atoms with Crippen LogP contribution in [0.15, 0.2) is 0 Å². The van der Waals surface area contributed by atoms with E-state index < -0.39 is 0 Å². The monoisotopic (exact) mass is 214 g/mol. The molecule has 0 amide bonds. The molecular weight excluding hydrogens is 192 g/mol. The number of hydrogen-bond acceptors (Lipinski definition) is 3. The molecule has 1 heterocycles. The van der Waals surface area contributed by atoms with Gasteiger partial charge in [-0.25, -0.2) is 0 Å². The Morgan fingerprint density at radius 1 is 1.50 bits per heavy atom. The Morgan fingerprint density at radius 2 is 2.29 bits per heavy atom. The molecule has 0 spiro atoms. The van der Waals surface area contributed by atoms with Gasteiger partial charge in [0.15, 0.2) is 0 Å². The number of thioether (sulfide) groups is 1. The van der Waals surface area contributed by atoms with Crippen molar-refractivity contribution in [2.75, 3.05) is 32.4 Å². The highest BCUT2D eigenvalue weighted by molar-refractivity contribution is 8.00. The summed E-state index contributed by atoms with van der Waals surface area (Å²) in [6, 6.07) is 0. The van der Waals surface area contributed by atoms with Crippen molar-refractivity contribution in [2.24, 2.45) is 11.7 Å². The fraction of sp³-hybridized carbons (Fsp3) is 1.00. The van der Waals surface area contributed by atoms with E-state index in [9.17, 15) is 0 Å². The van der Waals surface area contributed by atoms with Crippen LogP contribution in [0.3, 0.4) is 0 Å². The first kappa shape index (κ1) is 10.8. The van der Waals surface area contributed by atoms with Crippen molar-refractivity contribution in [3.05, 3.63) is 0 Å². The van der Waals surface area contributed by atoms with Crippen molar-refractivity contribution in [1.29, 1.82) is 0 Å². The van der Waals surface area contributed by atoms with Crippen molar-refractivity contribution >= 4 is 11.8 Å². The van der Waals surface area contributed by atoms with Crippen LogP contribution in [-0.2, 0) is 0 Å². The lowest BCUT2D eigenvalue weighted by Gasteiger charge is -2.43. The molecule has 2 rings (SSSR count). The van der Waals surface area contributed by atoms with Gasteiger partial charge in [0.25, 0.3) is 0 Å². The quantitative estimate of drug-likeness (QED) is 0.770. The van der Waals surface area contributed by atoms with Crippen LogP contribution in [0, 0.1) is 5.92 Å². The Hall–Kier alpha value is 0.270. The summed E-state index contributed by atoms with van der Waals surface area (Å²) in [6.45, 7) is 4.72. The predicted octanol–water partition coefficient (Wildman–Crippen LogP) is 1.55. The molecular formula is C11H22N2S. The molecule has 3 heteroatoms. The first-order valence-corrected chi connectivity index (χ1v) is 6.98.